The highest BCUT2D eigenvalue weighted by molar-refractivity contribution is 5.88. The van der Waals surface area contributed by atoms with Gasteiger partial charge in [0.15, 0.2) is 17.3 Å². The molecule has 7 aromatic heterocycles. The number of hydrogen-bond donors (Lipinski definition) is 4. The Morgan fingerprint density at radius 1 is 0.647 bits per heavy atom. The van der Waals surface area contributed by atoms with Crippen molar-refractivity contribution in [2.45, 2.75) is 63.7 Å². The zero-order valence-corrected chi connectivity index (χ0v) is 38.0. The zero-order valence-electron chi connectivity index (χ0n) is 38.0. The first-order valence-corrected chi connectivity index (χ1v) is 22.1. The van der Waals surface area contributed by atoms with Crippen LogP contribution in [0.25, 0.3) is 45.6 Å². The van der Waals surface area contributed by atoms with Gasteiger partial charge in [-0.1, -0.05) is 41.5 Å². The van der Waals surface area contributed by atoms with Crippen LogP contribution in [-0.2, 0) is 25.6 Å². The molecular weight excluding hydrogens is 877 g/mol. The Balaban J connectivity index is 0.000000179. The van der Waals surface area contributed by atoms with Crippen LogP contribution >= 0.6 is 0 Å². The number of nitrogens with one attached hydrogen (secondary N) is 2. The molecule has 0 radical (unpaired) electrons. The van der Waals surface area contributed by atoms with Gasteiger partial charge in [0.05, 0.1) is 34.2 Å². The predicted octanol–water partition coefficient (Wildman–Crippen LogP) is 4.67. The van der Waals surface area contributed by atoms with Gasteiger partial charge >= 0.3 is 0 Å². The molecule has 3 aliphatic heterocycles. The van der Waals surface area contributed by atoms with E-state index in [4.69, 9.17) is 13.6 Å². The average Bonchev–Trinajstić information content (AvgIpc) is 4.26. The lowest BCUT2D eigenvalue weighted by Crippen LogP contribution is -2.40. The number of hydrogen-bond acceptors (Lipinski definition) is 19. The highest BCUT2D eigenvalue weighted by atomic mass is 16.5. The van der Waals surface area contributed by atoms with Crippen LogP contribution in [0, 0.1) is 0 Å². The average molecular weight is 927 g/mol. The molecule has 0 aromatic carbocycles. The first-order chi connectivity index (χ1) is 32.9. The predicted molar refractivity (Wildman–Crippen MR) is 244 cm³/mol. The second-order valence-electron chi connectivity index (χ2n) is 16.1. The van der Waals surface area contributed by atoms with Crippen LogP contribution < -0.4 is 10.6 Å². The maximum atomic E-state index is 12.6. The summed E-state index contributed by atoms with van der Waals surface area (Å²) in [6.45, 7) is 8.25. The van der Waals surface area contributed by atoms with Gasteiger partial charge in [-0.15, -0.1) is 0 Å². The molecule has 22 heteroatoms. The summed E-state index contributed by atoms with van der Waals surface area (Å²) in [6, 6.07) is 18.5. The normalized spacial score (nSPS) is 19.3. The van der Waals surface area contributed by atoms with E-state index in [0.717, 1.165) is 25.9 Å². The standard InChI is InChI=1S/C24H27N7O4.C20H17N7O4.C2H6/c1-15(21(32)31-11-3-4-12-31)26-23-25-10-8-18(28-23)16-6-5-7-17(27-16)19-14-20(35-29-19)24(34)9-13-30(2)22(24)33;1-27-9-7-20(29,18(27)28)16-11-15(25-31-16)13-4-2-3-12(22-13)14-5-8-21-19(23-14)24-17-6-10-30-26-17;1-2/h5-8,10,14-15,34H,3-4,9,11-13H2,1-2H3,(H,25,26,28);2-6,8,10-11,29H,7,9H2,1H3,(H,21,23,24,26);1-2H3. The fourth-order valence-corrected chi connectivity index (χ4v) is 7.78. The lowest BCUT2D eigenvalue weighted by atomic mass is 9.98. The molecule has 0 bridgehead atoms. The van der Waals surface area contributed by atoms with Crippen molar-refractivity contribution >= 4 is 35.4 Å². The lowest BCUT2D eigenvalue weighted by molar-refractivity contribution is -0.145. The van der Waals surface area contributed by atoms with Crippen molar-refractivity contribution in [2.75, 3.05) is 50.9 Å². The van der Waals surface area contributed by atoms with Gasteiger partial charge in [0.25, 0.3) is 11.8 Å². The fraction of sp³-hybridized carbons (Fsp3) is 0.348. The van der Waals surface area contributed by atoms with Crippen molar-refractivity contribution in [2.24, 2.45) is 0 Å². The van der Waals surface area contributed by atoms with Gasteiger partial charge in [-0.2, -0.15) is 0 Å². The van der Waals surface area contributed by atoms with E-state index in [2.05, 4.69) is 56.0 Å². The number of carbonyl (C=O) groups is 3. The molecule has 4 N–H and O–H groups in total. The van der Waals surface area contributed by atoms with Crippen LogP contribution in [0.3, 0.4) is 0 Å². The molecular formula is C46H50N14O8. The third kappa shape index (κ3) is 9.62. The van der Waals surface area contributed by atoms with Gasteiger partial charge in [-0.25, -0.2) is 29.9 Å². The fourth-order valence-electron chi connectivity index (χ4n) is 7.78. The molecule has 7 aromatic rings. The van der Waals surface area contributed by atoms with Crippen LogP contribution in [0.1, 0.15) is 58.0 Å². The van der Waals surface area contributed by atoms with Crippen molar-refractivity contribution < 1.29 is 38.2 Å². The Bertz CT molecular complexity index is 2880. The highest BCUT2D eigenvalue weighted by Gasteiger charge is 2.49. The highest BCUT2D eigenvalue weighted by Crippen LogP contribution is 2.36. The summed E-state index contributed by atoms with van der Waals surface area (Å²) in [7, 11) is 3.27. The number of aromatic nitrogens is 9. The van der Waals surface area contributed by atoms with E-state index in [1.807, 2.05) is 30.9 Å². The van der Waals surface area contributed by atoms with Gasteiger partial charge in [0.2, 0.25) is 29.0 Å². The summed E-state index contributed by atoms with van der Waals surface area (Å²) < 4.78 is 15.4. The summed E-state index contributed by atoms with van der Waals surface area (Å²) in [5.74, 6) is 0.568. The Kier molecular flexibility index (Phi) is 13.6. The molecule has 0 saturated carbocycles. The Morgan fingerprint density at radius 2 is 1.12 bits per heavy atom. The number of anilines is 3. The maximum Gasteiger partial charge on any atom is 0.262 e. The second-order valence-corrected chi connectivity index (χ2v) is 16.1. The van der Waals surface area contributed by atoms with E-state index in [0.29, 0.717) is 76.4 Å². The lowest BCUT2D eigenvalue weighted by Gasteiger charge is -2.21. The van der Waals surface area contributed by atoms with Crippen molar-refractivity contribution in [3.63, 3.8) is 0 Å². The molecule has 3 atom stereocenters. The van der Waals surface area contributed by atoms with Crippen molar-refractivity contribution in [1.82, 2.24) is 60.1 Å². The molecule has 3 amide bonds. The largest absolute Gasteiger partial charge is 0.373 e. The number of rotatable bonds is 11. The number of nitrogens with zero attached hydrogens (tertiary/aromatic N) is 12. The van der Waals surface area contributed by atoms with Crippen LogP contribution in [0.15, 0.2) is 99.0 Å². The minimum absolute atomic E-state index is 0.0343. The van der Waals surface area contributed by atoms with Gasteiger partial charge < -0.3 is 49.1 Å². The zero-order chi connectivity index (χ0) is 48.0. The van der Waals surface area contributed by atoms with Gasteiger partial charge in [0, 0.05) is 83.7 Å². The molecule has 0 aliphatic carbocycles. The number of aliphatic hydroxyl groups is 2. The summed E-state index contributed by atoms with van der Waals surface area (Å²) in [6.07, 6.45) is 7.20. The number of pyridine rings is 2. The van der Waals surface area contributed by atoms with Crippen molar-refractivity contribution in [3.8, 4) is 45.6 Å². The monoisotopic (exact) mass is 926 g/mol. The number of amides is 3. The van der Waals surface area contributed by atoms with Crippen LogP contribution in [0.2, 0.25) is 0 Å². The third-order valence-corrected chi connectivity index (χ3v) is 11.5. The van der Waals surface area contributed by atoms with E-state index >= 15 is 0 Å². The summed E-state index contributed by atoms with van der Waals surface area (Å²) >= 11 is 0. The molecule has 3 fully saturated rings. The Morgan fingerprint density at radius 3 is 1.59 bits per heavy atom. The number of likely N-dealkylation sites (tertiary alicyclic amines) is 3. The molecule has 3 saturated heterocycles. The molecule has 68 heavy (non-hydrogen) atoms. The van der Waals surface area contributed by atoms with E-state index in [1.54, 1.807) is 88.0 Å². The van der Waals surface area contributed by atoms with E-state index in [9.17, 15) is 24.6 Å². The smallest absolute Gasteiger partial charge is 0.262 e. The molecule has 10 heterocycles. The minimum atomic E-state index is -1.71. The van der Waals surface area contributed by atoms with E-state index in [1.165, 1.54) is 16.1 Å². The second kappa shape index (κ2) is 19.9. The topological polar surface area (TPSA) is 281 Å². The van der Waals surface area contributed by atoms with Gasteiger partial charge in [0.1, 0.15) is 23.7 Å². The van der Waals surface area contributed by atoms with E-state index < -0.39 is 29.1 Å². The number of carbonyl (C=O) groups excluding carboxylic acids is 3. The van der Waals surface area contributed by atoms with Crippen molar-refractivity contribution in [3.05, 3.63) is 96.9 Å². The van der Waals surface area contributed by atoms with Crippen LogP contribution in [0.5, 0.6) is 0 Å². The maximum absolute atomic E-state index is 12.6. The van der Waals surface area contributed by atoms with Gasteiger partial charge in [-0.05, 0) is 56.2 Å². The first kappa shape index (κ1) is 46.5. The minimum Gasteiger partial charge on any atom is -0.373 e. The van der Waals surface area contributed by atoms with Crippen LogP contribution in [-0.4, -0.2) is 134 Å². The Hall–Kier alpha value is -7.98. The van der Waals surface area contributed by atoms with Crippen LogP contribution in [0.4, 0.5) is 17.7 Å². The van der Waals surface area contributed by atoms with Crippen molar-refractivity contribution in [1.29, 1.82) is 0 Å². The first-order valence-electron chi connectivity index (χ1n) is 22.1. The summed E-state index contributed by atoms with van der Waals surface area (Å²) in [5, 5.41) is 39.4. The molecule has 0 spiro atoms. The molecule has 352 valence electrons. The molecule has 22 nitrogen and oxygen atoms in total. The van der Waals surface area contributed by atoms with E-state index in [-0.39, 0.29) is 30.3 Å². The Labute approximate surface area is 389 Å². The molecule has 3 unspecified atom stereocenters. The summed E-state index contributed by atoms with van der Waals surface area (Å²) in [4.78, 5) is 68.7. The number of likely N-dealkylation sites (N-methyl/N-ethyl adjacent to an activating group) is 2. The van der Waals surface area contributed by atoms with Gasteiger partial charge in [-0.3, -0.25) is 14.4 Å². The quantitative estimate of drug-likeness (QED) is 0.137. The third-order valence-electron chi connectivity index (χ3n) is 11.5. The summed E-state index contributed by atoms with van der Waals surface area (Å²) in [5.41, 5.74) is 0.718. The SMILES string of the molecule is CC.CC(Nc1nccc(-c2cccc(-c3cc(C4(O)CCN(C)C4=O)on3)n2)n1)C(=O)N1CCCC1.CN1CCC(O)(c2cc(-c3cccc(-c4ccnc(Nc5ccon5)n4)n3)no2)C1=O. The molecule has 10 rings (SSSR count). The molecule has 3 aliphatic rings.